The maximum atomic E-state index is 5.58. The Morgan fingerprint density at radius 2 is 2.12 bits per heavy atom. The van der Waals surface area contributed by atoms with E-state index in [0.717, 1.165) is 9.86 Å². The Labute approximate surface area is 101 Å². The molecule has 16 heavy (non-hydrogen) atoms. The normalized spacial score (nSPS) is 11.0. The fraction of sp³-hybridized carbons (Fsp3) is 0.300. The summed E-state index contributed by atoms with van der Waals surface area (Å²) in [7, 11) is 0. The molecule has 5 nitrogen and oxygen atoms in total. The molecule has 0 aliphatic heterocycles. The number of fused-ring (bicyclic) bond motifs is 1. The lowest BCUT2D eigenvalue weighted by molar-refractivity contribution is 0.236. The molecule has 0 saturated carbocycles. The molecule has 0 bridgehead atoms. The summed E-state index contributed by atoms with van der Waals surface area (Å²) in [5.41, 5.74) is 6.12. The third kappa shape index (κ3) is 2.21. The molecule has 2 aromatic heterocycles. The minimum absolute atomic E-state index is 0.0245. The van der Waals surface area contributed by atoms with Gasteiger partial charge in [-0.1, -0.05) is 0 Å². The third-order valence-corrected chi connectivity index (χ3v) is 2.28. The summed E-state index contributed by atoms with van der Waals surface area (Å²) in [5, 5.41) is 0.747. The molecule has 0 aliphatic carbocycles. The van der Waals surface area contributed by atoms with Gasteiger partial charge in [-0.3, -0.25) is 0 Å². The second-order valence-electron chi connectivity index (χ2n) is 3.58. The highest BCUT2D eigenvalue weighted by atomic mass is 79.9. The van der Waals surface area contributed by atoms with Crippen molar-refractivity contribution in [1.82, 2.24) is 15.0 Å². The van der Waals surface area contributed by atoms with Crippen LogP contribution in [0.25, 0.3) is 11.0 Å². The van der Waals surface area contributed by atoms with E-state index in [2.05, 4.69) is 30.9 Å². The first-order valence-corrected chi connectivity index (χ1v) is 5.61. The first kappa shape index (κ1) is 11.1. The molecular weight excluding hydrogens is 272 g/mol. The molecule has 0 radical (unpaired) electrons. The maximum Gasteiger partial charge on any atom is 0.228 e. The molecule has 2 heterocycles. The van der Waals surface area contributed by atoms with Gasteiger partial charge in [0.15, 0.2) is 5.65 Å². The number of halogens is 1. The lowest BCUT2D eigenvalue weighted by Crippen LogP contribution is -2.09. The van der Waals surface area contributed by atoms with Crippen LogP contribution in [0.15, 0.2) is 16.7 Å². The Morgan fingerprint density at radius 1 is 1.38 bits per heavy atom. The van der Waals surface area contributed by atoms with Crippen molar-refractivity contribution >= 4 is 32.9 Å². The zero-order valence-electron chi connectivity index (χ0n) is 8.94. The molecule has 0 fully saturated rings. The van der Waals surface area contributed by atoms with Crippen molar-refractivity contribution in [2.24, 2.45) is 0 Å². The van der Waals surface area contributed by atoms with E-state index in [0.29, 0.717) is 11.5 Å². The highest BCUT2D eigenvalue weighted by Crippen LogP contribution is 2.25. The minimum Gasteiger partial charge on any atom is -0.474 e. The number of rotatable bonds is 2. The summed E-state index contributed by atoms with van der Waals surface area (Å²) in [4.78, 5) is 12.3. The van der Waals surface area contributed by atoms with E-state index in [4.69, 9.17) is 10.5 Å². The van der Waals surface area contributed by atoms with Crippen LogP contribution in [0.3, 0.4) is 0 Å². The summed E-state index contributed by atoms with van der Waals surface area (Å²) < 4.78 is 6.42. The first-order valence-electron chi connectivity index (χ1n) is 4.81. The maximum absolute atomic E-state index is 5.58. The predicted octanol–water partition coefficient (Wildman–Crippen LogP) is 2.16. The monoisotopic (exact) mass is 282 g/mol. The number of nitrogen functional groups attached to an aromatic ring is 1. The molecule has 2 aromatic rings. The number of aromatic nitrogens is 3. The fourth-order valence-corrected chi connectivity index (χ4v) is 1.62. The van der Waals surface area contributed by atoms with Crippen LogP contribution in [0.2, 0.25) is 0 Å². The predicted molar refractivity (Wildman–Crippen MR) is 65.2 cm³/mol. The van der Waals surface area contributed by atoms with Crippen molar-refractivity contribution in [3.63, 3.8) is 0 Å². The molecule has 0 amide bonds. The molecule has 0 atom stereocenters. The quantitative estimate of drug-likeness (QED) is 0.914. The number of nitrogens with zero attached hydrogens (tertiary/aromatic N) is 3. The number of anilines is 1. The molecule has 84 valence electrons. The van der Waals surface area contributed by atoms with Crippen molar-refractivity contribution in [2.45, 2.75) is 20.0 Å². The summed E-state index contributed by atoms with van der Waals surface area (Å²) in [6.45, 7) is 3.85. The Hall–Kier alpha value is -1.43. The van der Waals surface area contributed by atoms with Crippen LogP contribution in [0.5, 0.6) is 5.88 Å². The van der Waals surface area contributed by atoms with Gasteiger partial charge < -0.3 is 10.5 Å². The summed E-state index contributed by atoms with van der Waals surface area (Å²) in [6, 6.07) is 1.86. The average Bonchev–Trinajstić information content (AvgIpc) is 2.18. The van der Waals surface area contributed by atoms with Crippen LogP contribution in [-0.2, 0) is 0 Å². The lowest BCUT2D eigenvalue weighted by Gasteiger charge is -2.11. The van der Waals surface area contributed by atoms with E-state index in [9.17, 15) is 0 Å². The van der Waals surface area contributed by atoms with Gasteiger partial charge in [0, 0.05) is 10.7 Å². The van der Waals surface area contributed by atoms with Crippen LogP contribution in [-0.4, -0.2) is 21.1 Å². The molecule has 0 aromatic carbocycles. The summed E-state index contributed by atoms with van der Waals surface area (Å²) >= 11 is 3.35. The van der Waals surface area contributed by atoms with Crippen LogP contribution in [0, 0.1) is 0 Å². The molecule has 2 N–H and O–H groups in total. The van der Waals surface area contributed by atoms with E-state index in [1.165, 1.54) is 0 Å². The van der Waals surface area contributed by atoms with Crippen molar-refractivity contribution in [1.29, 1.82) is 0 Å². The van der Waals surface area contributed by atoms with Crippen molar-refractivity contribution < 1.29 is 4.74 Å². The Bertz CT molecular complexity index is 529. The zero-order chi connectivity index (χ0) is 11.7. The van der Waals surface area contributed by atoms with Crippen molar-refractivity contribution in [3.05, 3.63) is 16.7 Å². The third-order valence-electron chi connectivity index (χ3n) is 1.85. The molecule has 0 spiro atoms. The minimum atomic E-state index is 0.0245. The topological polar surface area (TPSA) is 73.9 Å². The number of nitrogens with two attached hydrogens (primary N) is 1. The summed E-state index contributed by atoms with van der Waals surface area (Å²) in [6.07, 6.45) is 1.69. The van der Waals surface area contributed by atoms with E-state index in [1.54, 1.807) is 6.20 Å². The molecule has 0 unspecified atom stereocenters. The average molecular weight is 283 g/mol. The van der Waals surface area contributed by atoms with Crippen molar-refractivity contribution in [3.8, 4) is 5.88 Å². The van der Waals surface area contributed by atoms with E-state index in [-0.39, 0.29) is 12.1 Å². The zero-order valence-corrected chi connectivity index (χ0v) is 10.5. The highest BCUT2D eigenvalue weighted by Gasteiger charge is 2.10. The number of hydrogen-bond acceptors (Lipinski definition) is 5. The van der Waals surface area contributed by atoms with Crippen LogP contribution in [0.4, 0.5) is 5.95 Å². The van der Waals surface area contributed by atoms with Crippen LogP contribution < -0.4 is 10.5 Å². The van der Waals surface area contributed by atoms with E-state index >= 15 is 0 Å². The molecule has 2 rings (SSSR count). The van der Waals surface area contributed by atoms with Crippen molar-refractivity contribution in [2.75, 3.05) is 5.73 Å². The van der Waals surface area contributed by atoms with Gasteiger partial charge in [0.05, 0.1) is 11.5 Å². The molecule has 6 heteroatoms. The Morgan fingerprint density at radius 3 is 2.81 bits per heavy atom. The molecule has 0 saturated heterocycles. The van der Waals surface area contributed by atoms with Crippen LogP contribution >= 0.6 is 15.9 Å². The highest BCUT2D eigenvalue weighted by molar-refractivity contribution is 9.10. The van der Waals surface area contributed by atoms with Gasteiger partial charge in [-0.15, -0.1) is 0 Å². The van der Waals surface area contributed by atoms with Gasteiger partial charge in [0.2, 0.25) is 11.8 Å². The smallest absolute Gasteiger partial charge is 0.228 e. The second kappa shape index (κ2) is 4.21. The standard InChI is InChI=1S/C10H11BrN4O/c1-5(2)16-9-7-3-6(11)4-13-8(7)14-10(12)15-9/h3-5H,1-2H3,(H2,12,13,14,15). The van der Waals surface area contributed by atoms with Gasteiger partial charge in [0.1, 0.15) is 0 Å². The SMILES string of the molecule is CC(C)Oc1nc(N)nc2ncc(Br)cc12. The lowest BCUT2D eigenvalue weighted by atomic mass is 10.3. The number of pyridine rings is 1. The van der Waals surface area contributed by atoms with Gasteiger partial charge in [-0.05, 0) is 35.8 Å². The number of ether oxygens (including phenoxy) is 1. The van der Waals surface area contributed by atoms with Gasteiger partial charge in [0.25, 0.3) is 0 Å². The fourth-order valence-electron chi connectivity index (χ4n) is 1.29. The van der Waals surface area contributed by atoms with Crippen LogP contribution in [0.1, 0.15) is 13.8 Å². The van der Waals surface area contributed by atoms with Gasteiger partial charge >= 0.3 is 0 Å². The summed E-state index contributed by atoms with van der Waals surface area (Å²) in [5.74, 6) is 0.629. The first-order chi connectivity index (χ1) is 7.56. The molecular formula is C10H11BrN4O. The van der Waals surface area contributed by atoms with E-state index < -0.39 is 0 Å². The van der Waals surface area contributed by atoms with Gasteiger partial charge in [-0.25, -0.2) is 4.98 Å². The van der Waals surface area contributed by atoms with Gasteiger partial charge in [-0.2, -0.15) is 9.97 Å². The second-order valence-corrected chi connectivity index (χ2v) is 4.49. The Balaban J connectivity index is 2.64. The largest absolute Gasteiger partial charge is 0.474 e. The molecule has 0 aliphatic rings. The van der Waals surface area contributed by atoms with E-state index in [1.807, 2.05) is 19.9 Å². The number of hydrogen-bond donors (Lipinski definition) is 1. The Kier molecular flexibility index (Phi) is 2.91.